The quantitative estimate of drug-likeness (QED) is 0.719. The molecular formula is C23H20FN3O2. The Labute approximate surface area is 168 Å². The van der Waals surface area contributed by atoms with E-state index in [-0.39, 0.29) is 24.1 Å². The van der Waals surface area contributed by atoms with Gasteiger partial charge in [-0.05, 0) is 54.4 Å². The number of anilines is 1. The second-order valence-corrected chi connectivity index (χ2v) is 7.07. The summed E-state index contributed by atoms with van der Waals surface area (Å²) in [5.41, 5.74) is 3.70. The summed E-state index contributed by atoms with van der Waals surface area (Å²) >= 11 is 0. The number of halogens is 1. The Morgan fingerprint density at radius 3 is 2.69 bits per heavy atom. The van der Waals surface area contributed by atoms with Crippen molar-refractivity contribution >= 4 is 17.5 Å². The van der Waals surface area contributed by atoms with Gasteiger partial charge in [0.15, 0.2) is 0 Å². The number of carbonyl (C=O) groups excluding carboxylic acids is 2. The molecule has 6 heteroatoms. The van der Waals surface area contributed by atoms with Crippen molar-refractivity contribution in [3.63, 3.8) is 0 Å². The minimum Gasteiger partial charge on any atom is -0.352 e. The van der Waals surface area contributed by atoms with Crippen LogP contribution in [0.25, 0.3) is 0 Å². The highest BCUT2D eigenvalue weighted by Crippen LogP contribution is 2.38. The van der Waals surface area contributed by atoms with Gasteiger partial charge in [-0.1, -0.05) is 24.3 Å². The Kier molecular flexibility index (Phi) is 5.08. The molecule has 0 saturated heterocycles. The third-order valence-electron chi connectivity index (χ3n) is 4.98. The maximum atomic E-state index is 13.0. The molecular weight excluding hydrogens is 369 g/mol. The molecule has 1 N–H and O–H groups in total. The normalized spacial score (nSPS) is 15.3. The van der Waals surface area contributed by atoms with E-state index >= 15 is 0 Å². The number of pyridine rings is 1. The van der Waals surface area contributed by atoms with Crippen LogP contribution in [0.2, 0.25) is 0 Å². The van der Waals surface area contributed by atoms with Crippen LogP contribution < -0.4 is 10.2 Å². The molecule has 0 unspecified atom stereocenters. The SMILES string of the molecule is Cc1cccc(N2C(=O)c3cccnc3[C@H]2CC(=O)NCc2ccc(F)cc2)c1. The van der Waals surface area contributed by atoms with Crippen molar-refractivity contribution in [1.82, 2.24) is 10.3 Å². The second kappa shape index (κ2) is 7.83. The number of nitrogens with one attached hydrogen (secondary N) is 1. The highest BCUT2D eigenvalue weighted by Gasteiger charge is 2.39. The van der Waals surface area contributed by atoms with Crippen LogP contribution in [0.5, 0.6) is 0 Å². The molecule has 1 aliphatic heterocycles. The van der Waals surface area contributed by atoms with E-state index in [1.807, 2.05) is 31.2 Å². The average molecular weight is 389 g/mol. The maximum Gasteiger partial charge on any atom is 0.260 e. The monoisotopic (exact) mass is 389 g/mol. The zero-order chi connectivity index (χ0) is 20.4. The molecule has 2 aromatic carbocycles. The lowest BCUT2D eigenvalue weighted by atomic mass is 10.1. The van der Waals surface area contributed by atoms with Crippen LogP contribution in [0, 0.1) is 12.7 Å². The molecule has 2 heterocycles. The maximum absolute atomic E-state index is 13.0. The number of rotatable bonds is 5. The number of nitrogens with zero attached hydrogens (tertiary/aromatic N) is 2. The van der Waals surface area contributed by atoms with E-state index in [9.17, 15) is 14.0 Å². The van der Waals surface area contributed by atoms with Gasteiger partial charge in [0.2, 0.25) is 5.91 Å². The van der Waals surface area contributed by atoms with Crippen LogP contribution in [0.1, 0.15) is 39.6 Å². The van der Waals surface area contributed by atoms with Gasteiger partial charge in [-0.25, -0.2) is 4.39 Å². The molecule has 0 radical (unpaired) electrons. The summed E-state index contributed by atoms with van der Waals surface area (Å²) in [6.07, 6.45) is 1.72. The summed E-state index contributed by atoms with van der Waals surface area (Å²) < 4.78 is 13.0. The van der Waals surface area contributed by atoms with Gasteiger partial charge in [-0.15, -0.1) is 0 Å². The van der Waals surface area contributed by atoms with Crippen molar-refractivity contribution in [3.05, 3.63) is 95.1 Å². The highest BCUT2D eigenvalue weighted by atomic mass is 19.1. The smallest absolute Gasteiger partial charge is 0.260 e. The molecule has 1 aliphatic rings. The zero-order valence-corrected chi connectivity index (χ0v) is 15.9. The van der Waals surface area contributed by atoms with Gasteiger partial charge < -0.3 is 5.32 Å². The fourth-order valence-corrected chi connectivity index (χ4v) is 3.57. The first kappa shape index (κ1) is 18.8. The Morgan fingerprint density at radius 1 is 1.14 bits per heavy atom. The third kappa shape index (κ3) is 3.87. The van der Waals surface area contributed by atoms with Gasteiger partial charge in [0.1, 0.15) is 5.82 Å². The Hall–Kier alpha value is -3.54. The summed E-state index contributed by atoms with van der Waals surface area (Å²) in [7, 11) is 0. The van der Waals surface area contributed by atoms with Crippen LogP contribution in [-0.2, 0) is 11.3 Å². The van der Waals surface area contributed by atoms with Gasteiger partial charge in [-0.2, -0.15) is 0 Å². The average Bonchev–Trinajstić information content (AvgIpc) is 2.99. The molecule has 29 heavy (non-hydrogen) atoms. The van der Waals surface area contributed by atoms with E-state index < -0.39 is 6.04 Å². The largest absolute Gasteiger partial charge is 0.352 e. The summed E-state index contributed by atoms with van der Waals surface area (Å²) in [4.78, 5) is 31.7. The van der Waals surface area contributed by atoms with Crippen LogP contribution >= 0.6 is 0 Å². The molecule has 1 atom stereocenters. The van der Waals surface area contributed by atoms with Gasteiger partial charge in [0, 0.05) is 18.4 Å². The van der Waals surface area contributed by atoms with Crippen LogP contribution in [-0.4, -0.2) is 16.8 Å². The van der Waals surface area contributed by atoms with E-state index in [2.05, 4.69) is 10.3 Å². The molecule has 1 aromatic heterocycles. The number of hydrogen-bond donors (Lipinski definition) is 1. The Morgan fingerprint density at radius 2 is 1.93 bits per heavy atom. The number of aromatic nitrogens is 1. The van der Waals surface area contributed by atoms with Gasteiger partial charge in [-0.3, -0.25) is 19.5 Å². The van der Waals surface area contributed by atoms with Gasteiger partial charge in [0.05, 0.1) is 23.7 Å². The number of amides is 2. The fraction of sp³-hybridized carbons (Fsp3) is 0.174. The molecule has 4 rings (SSSR count). The lowest BCUT2D eigenvalue weighted by molar-refractivity contribution is -0.121. The molecule has 0 spiro atoms. The van der Waals surface area contributed by atoms with E-state index in [1.54, 1.807) is 35.4 Å². The Bertz CT molecular complexity index is 1070. The molecule has 0 saturated carbocycles. The molecule has 0 fully saturated rings. The highest BCUT2D eigenvalue weighted by molar-refractivity contribution is 6.11. The van der Waals surface area contributed by atoms with Crippen molar-refractivity contribution in [3.8, 4) is 0 Å². The topological polar surface area (TPSA) is 62.3 Å². The van der Waals surface area contributed by atoms with Gasteiger partial charge in [0.25, 0.3) is 5.91 Å². The number of hydrogen-bond acceptors (Lipinski definition) is 3. The van der Waals surface area contributed by atoms with E-state index in [1.165, 1.54) is 12.1 Å². The molecule has 3 aromatic rings. The second-order valence-electron chi connectivity index (χ2n) is 7.07. The number of carbonyl (C=O) groups is 2. The predicted octanol–water partition coefficient (Wildman–Crippen LogP) is 3.94. The zero-order valence-electron chi connectivity index (χ0n) is 15.9. The number of aryl methyl sites for hydroxylation is 1. The first-order chi connectivity index (χ1) is 14.0. The van der Waals surface area contributed by atoms with E-state index in [0.717, 1.165) is 16.8 Å². The molecule has 2 amide bonds. The van der Waals surface area contributed by atoms with E-state index in [0.29, 0.717) is 17.8 Å². The van der Waals surface area contributed by atoms with Crippen molar-refractivity contribution in [2.45, 2.75) is 25.9 Å². The lowest BCUT2D eigenvalue weighted by Gasteiger charge is -2.25. The summed E-state index contributed by atoms with van der Waals surface area (Å²) in [6.45, 7) is 2.25. The molecule has 0 bridgehead atoms. The van der Waals surface area contributed by atoms with Crippen molar-refractivity contribution in [2.24, 2.45) is 0 Å². The van der Waals surface area contributed by atoms with E-state index in [4.69, 9.17) is 0 Å². The van der Waals surface area contributed by atoms with Crippen molar-refractivity contribution < 1.29 is 14.0 Å². The molecule has 5 nitrogen and oxygen atoms in total. The van der Waals surface area contributed by atoms with Crippen molar-refractivity contribution in [1.29, 1.82) is 0 Å². The van der Waals surface area contributed by atoms with Crippen LogP contribution in [0.4, 0.5) is 10.1 Å². The third-order valence-corrected chi connectivity index (χ3v) is 4.98. The lowest BCUT2D eigenvalue weighted by Crippen LogP contribution is -2.33. The first-order valence-corrected chi connectivity index (χ1v) is 9.39. The first-order valence-electron chi connectivity index (χ1n) is 9.39. The van der Waals surface area contributed by atoms with Crippen LogP contribution in [0.3, 0.4) is 0 Å². The van der Waals surface area contributed by atoms with Gasteiger partial charge >= 0.3 is 0 Å². The summed E-state index contributed by atoms with van der Waals surface area (Å²) in [6, 6.07) is 16.6. The minimum absolute atomic E-state index is 0.0882. The summed E-state index contributed by atoms with van der Waals surface area (Å²) in [5, 5.41) is 2.85. The standard InChI is InChI=1S/C23H20FN3O2/c1-15-4-2-5-18(12-15)27-20(22-19(23(27)29)6-3-11-25-22)13-21(28)26-14-16-7-9-17(24)10-8-16/h2-12,20H,13-14H2,1H3,(H,26,28)/t20-/m1/s1. The Balaban J connectivity index is 1.56. The minimum atomic E-state index is -0.478. The molecule has 0 aliphatic carbocycles. The van der Waals surface area contributed by atoms with Crippen LogP contribution in [0.15, 0.2) is 66.9 Å². The number of benzene rings is 2. The fourth-order valence-electron chi connectivity index (χ4n) is 3.57. The number of fused-ring (bicyclic) bond motifs is 1. The predicted molar refractivity (Wildman–Crippen MR) is 108 cm³/mol. The van der Waals surface area contributed by atoms with Crippen molar-refractivity contribution in [2.75, 3.05) is 4.90 Å². The summed E-state index contributed by atoms with van der Waals surface area (Å²) in [5.74, 6) is -0.681. The molecule has 146 valence electrons.